The van der Waals surface area contributed by atoms with Crippen LogP contribution in [0.15, 0.2) is 22.6 Å². The van der Waals surface area contributed by atoms with E-state index in [0.717, 1.165) is 19.3 Å². The number of ether oxygens (including phenoxy) is 1. The quantitative estimate of drug-likeness (QED) is 0.915. The number of aromatic carboxylic acids is 1. The molecule has 0 saturated heterocycles. The highest BCUT2D eigenvalue weighted by atomic mass is 16.5. The molecule has 1 aromatic heterocycles. The van der Waals surface area contributed by atoms with E-state index >= 15 is 0 Å². The van der Waals surface area contributed by atoms with E-state index in [1.165, 1.54) is 6.07 Å². The molecule has 1 aliphatic rings. The first-order valence-corrected chi connectivity index (χ1v) is 6.30. The average Bonchev–Trinajstić information content (AvgIpc) is 2.75. The highest BCUT2D eigenvalue weighted by Crippen LogP contribution is 2.38. The Bertz CT molecular complexity index is 622. The molecule has 1 aromatic carbocycles. The topological polar surface area (TPSA) is 72.6 Å². The Hall–Kier alpha value is -1.88. The van der Waals surface area contributed by atoms with Gasteiger partial charge in [-0.2, -0.15) is 0 Å². The number of benzene rings is 1. The second-order valence-electron chi connectivity index (χ2n) is 4.98. The minimum absolute atomic E-state index is 0.149. The Morgan fingerprint density at radius 1 is 1.53 bits per heavy atom. The van der Waals surface area contributed by atoms with E-state index in [1.807, 2.05) is 0 Å². The molecule has 1 heterocycles. The molecule has 19 heavy (non-hydrogen) atoms. The summed E-state index contributed by atoms with van der Waals surface area (Å²) in [6.07, 6.45) is 3.73. The first-order chi connectivity index (χ1) is 9.13. The molecule has 1 N–H and O–H groups in total. The molecule has 1 aliphatic carbocycles. The summed E-state index contributed by atoms with van der Waals surface area (Å²) in [5, 5.41) is 9.12. The van der Waals surface area contributed by atoms with Crippen LogP contribution in [-0.2, 0) is 11.2 Å². The van der Waals surface area contributed by atoms with Crippen molar-refractivity contribution < 1.29 is 19.1 Å². The van der Waals surface area contributed by atoms with Crippen LogP contribution in [0.4, 0.5) is 0 Å². The fraction of sp³-hybridized carbons (Fsp3) is 0.429. The summed E-state index contributed by atoms with van der Waals surface area (Å²) < 4.78 is 11.2. The number of hydrogen-bond acceptors (Lipinski definition) is 4. The smallest absolute Gasteiger partial charge is 0.339 e. The van der Waals surface area contributed by atoms with Crippen molar-refractivity contribution in [3.8, 4) is 0 Å². The van der Waals surface area contributed by atoms with Gasteiger partial charge in [0.05, 0.1) is 12.0 Å². The fourth-order valence-electron chi connectivity index (χ4n) is 2.54. The van der Waals surface area contributed by atoms with E-state index in [9.17, 15) is 4.79 Å². The zero-order chi connectivity index (χ0) is 13.5. The molecule has 2 aromatic rings. The van der Waals surface area contributed by atoms with Crippen molar-refractivity contribution in [1.29, 1.82) is 0 Å². The number of fused-ring (bicyclic) bond motifs is 1. The zero-order valence-corrected chi connectivity index (χ0v) is 10.7. The Kier molecular flexibility index (Phi) is 2.78. The molecule has 100 valence electrons. The third kappa shape index (κ3) is 2.00. The summed E-state index contributed by atoms with van der Waals surface area (Å²) in [5.41, 5.74) is 0.900. The minimum atomic E-state index is -1.00. The van der Waals surface area contributed by atoms with Crippen molar-refractivity contribution in [3.05, 3.63) is 29.7 Å². The van der Waals surface area contributed by atoms with Gasteiger partial charge in [-0.05, 0) is 31.4 Å². The average molecular weight is 261 g/mol. The number of nitrogens with zero attached hydrogens (tertiary/aromatic N) is 1. The molecule has 0 amide bonds. The van der Waals surface area contributed by atoms with Crippen LogP contribution in [0.1, 0.15) is 35.5 Å². The highest BCUT2D eigenvalue weighted by molar-refractivity contribution is 5.99. The van der Waals surface area contributed by atoms with E-state index < -0.39 is 5.97 Å². The molecule has 0 aliphatic heterocycles. The van der Waals surface area contributed by atoms with Gasteiger partial charge >= 0.3 is 5.97 Å². The first-order valence-electron chi connectivity index (χ1n) is 6.30. The number of methoxy groups -OCH3 is 1. The molecule has 0 radical (unpaired) electrons. The van der Waals surface area contributed by atoms with Gasteiger partial charge in [0, 0.05) is 7.11 Å². The maximum atomic E-state index is 11.1. The Balaban J connectivity index is 1.98. The summed E-state index contributed by atoms with van der Waals surface area (Å²) in [7, 11) is 1.70. The monoisotopic (exact) mass is 261 g/mol. The summed E-state index contributed by atoms with van der Waals surface area (Å²) in [4.78, 5) is 15.5. The molecule has 5 heteroatoms. The van der Waals surface area contributed by atoms with Gasteiger partial charge in [0.15, 0.2) is 11.5 Å². The molecule has 1 fully saturated rings. The van der Waals surface area contributed by atoms with Crippen LogP contribution >= 0.6 is 0 Å². The molecule has 0 bridgehead atoms. The predicted octanol–water partition coefficient (Wildman–Crippen LogP) is 2.64. The Labute approximate surface area is 110 Å². The van der Waals surface area contributed by atoms with Gasteiger partial charge in [0.25, 0.3) is 0 Å². The first kappa shape index (κ1) is 12.2. The largest absolute Gasteiger partial charge is 0.478 e. The van der Waals surface area contributed by atoms with Crippen LogP contribution in [0.5, 0.6) is 0 Å². The minimum Gasteiger partial charge on any atom is -0.478 e. The third-order valence-corrected chi connectivity index (χ3v) is 3.86. The molecule has 0 unspecified atom stereocenters. The molecule has 0 spiro atoms. The van der Waals surface area contributed by atoms with Crippen LogP contribution in [0.2, 0.25) is 0 Å². The van der Waals surface area contributed by atoms with E-state index in [-0.39, 0.29) is 11.2 Å². The lowest BCUT2D eigenvalue weighted by Crippen LogP contribution is -2.41. The number of carboxylic acid groups (broad SMARTS) is 1. The molecular formula is C14H15NO4. The summed E-state index contributed by atoms with van der Waals surface area (Å²) >= 11 is 0. The number of carboxylic acids is 1. The van der Waals surface area contributed by atoms with Gasteiger partial charge in [-0.3, -0.25) is 0 Å². The maximum absolute atomic E-state index is 11.1. The molecule has 3 rings (SSSR count). The fourth-order valence-corrected chi connectivity index (χ4v) is 2.54. The summed E-state index contributed by atoms with van der Waals surface area (Å²) in [6.45, 7) is 0. The lowest BCUT2D eigenvalue weighted by molar-refractivity contribution is -0.0743. The van der Waals surface area contributed by atoms with Crippen LogP contribution in [0.3, 0.4) is 0 Å². The summed E-state index contributed by atoms with van der Waals surface area (Å²) in [6, 6.07) is 4.96. The lowest BCUT2D eigenvalue weighted by Gasteiger charge is -2.39. The number of para-hydroxylation sites is 1. The van der Waals surface area contributed by atoms with Gasteiger partial charge in [0.2, 0.25) is 0 Å². The van der Waals surface area contributed by atoms with Crippen molar-refractivity contribution in [2.75, 3.05) is 7.11 Å². The molecular weight excluding hydrogens is 246 g/mol. The number of aromatic nitrogens is 1. The molecule has 5 nitrogen and oxygen atoms in total. The van der Waals surface area contributed by atoms with Crippen molar-refractivity contribution in [1.82, 2.24) is 4.98 Å². The standard InChI is InChI=1S/C14H15NO4/c1-18-14(6-3-7-14)8-11-15-10-5-2-4-9(13(16)17)12(10)19-11/h2,4-5H,3,6-8H2,1H3,(H,16,17). The van der Waals surface area contributed by atoms with Gasteiger partial charge in [-0.15, -0.1) is 0 Å². The maximum Gasteiger partial charge on any atom is 0.339 e. The second kappa shape index (κ2) is 4.35. The van der Waals surface area contributed by atoms with Crippen LogP contribution in [0, 0.1) is 0 Å². The highest BCUT2D eigenvalue weighted by Gasteiger charge is 2.38. The van der Waals surface area contributed by atoms with Crippen LogP contribution in [-0.4, -0.2) is 28.8 Å². The molecule has 0 atom stereocenters. The van der Waals surface area contributed by atoms with E-state index in [0.29, 0.717) is 23.4 Å². The van der Waals surface area contributed by atoms with E-state index in [4.69, 9.17) is 14.3 Å². The SMILES string of the molecule is COC1(Cc2nc3cccc(C(=O)O)c3o2)CCC1. The van der Waals surface area contributed by atoms with Crippen molar-refractivity contribution >= 4 is 17.1 Å². The van der Waals surface area contributed by atoms with Crippen LogP contribution < -0.4 is 0 Å². The zero-order valence-electron chi connectivity index (χ0n) is 10.7. The number of rotatable bonds is 4. The molecule has 1 saturated carbocycles. The summed E-state index contributed by atoms with van der Waals surface area (Å²) in [5.74, 6) is -0.455. The van der Waals surface area contributed by atoms with E-state index in [2.05, 4.69) is 4.98 Å². The second-order valence-corrected chi connectivity index (χ2v) is 4.98. The van der Waals surface area contributed by atoms with Crippen molar-refractivity contribution in [2.45, 2.75) is 31.3 Å². The Morgan fingerprint density at radius 3 is 2.89 bits per heavy atom. The Morgan fingerprint density at radius 2 is 2.32 bits per heavy atom. The van der Waals surface area contributed by atoms with Gasteiger partial charge < -0.3 is 14.3 Å². The third-order valence-electron chi connectivity index (χ3n) is 3.86. The lowest BCUT2D eigenvalue weighted by atomic mass is 9.77. The van der Waals surface area contributed by atoms with Crippen molar-refractivity contribution in [3.63, 3.8) is 0 Å². The number of oxazole rings is 1. The van der Waals surface area contributed by atoms with Crippen molar-refractivity contribution in [2.24, 2.45) is 0 Å². The number of carbonyl (C=O) groups is 1. The number of hydrogen-bond donors (Lipinski definition) is 1. The van der Waals surface area contributed by atoms with Gasteiger partial charge in [0.1, 0.15) is 11.1 Å². The van der Waals surface area contributed by atoms with Gasteiger partial charge in [-0.25, -0.2) is 9.78 Å². The van der Waals surface area contributed by atoms with Gasteiger partial charge in [-0.1, -0.05) is 6.07 Å². The predicted molar refractivity (Wildman–Crippen MR) is 68.3 cm³/mol. The van der Waals surface area contributed by atoms with Crippen LogP contribution in [0.25, 0.3) is 11.1 Å². The van der Waals surface area contributed by atoms with E-state index in [1.54, 1.807) is 19.2 Å². The normalized spacial score (nSPS) is 17.3.